The number of rotatable bonds is 2. The molecule has 0 aromatic heterocycles. The van der Waals surface area contributed by atoms with E-state index in [2.05, 4.69) is 29.9 Å². The van der Waals surface area contributed by atoms with E-state index in [0.717, 1.165) is 0 Å². The lowest BCUT2D eigenvalue weighted by Gasteiger charge is -2.09. The largest absolute Gasteiger partial charge is 0.325 e. The van der Waals surface area contributed by atoms with Crippen LogP contribution in [0.3, 0.4) is 0 Å². The van der Waals surface area contributed by atoms with Gasteiger partial charge < -0.3 is 4.74 Å². The van der Waals surface area contributed by atoms with Gasteiger partial charge in [-0.15, -0.1) is 0 Å². The Kier molecular flexibility index (Phi) is 2.22. The molecular weight excluding hydrogens is 126 g/mol. The molecule has 2 heteroatoms. The Balaban J connectivity index is 2.58. The molecule has 0 radical (unpaired) electrons. The van der Waals surface area contributed by atoms with E-state index in [4.69, 9.17) is 4.74 Å². The molecule has 0 fully saturated rings. The highest BCUT2D eigenvalue weighted by Gasteiger charge is 2.21. The van der Waals surface area contributed by atoms with Gasteiger partial charge >= 0.3 is 0 Å². The second-order valence-electron chi connectivity index (χ2n) is 2.56. The summed E-state index contributed by atoms with van der Waals surface area (Å²) in [7, 11) is 1.73. The fraction of sp³-hybridized carbons (Fsp3) is 0.625. The van der Waals surface area contributed by atoms with Crippen LogP contribution in [0.1, 0.15) is 13.8 Å². The van der Waals surface area contributed by atoms with Crippen molar-refractivity contribution in [1.29, 1.82) is 0 Å². The maximum Gasteiger partial charge on any atom is 0.254 e. The molecule has 1 rings (SSSR count). The first-order chi connectivity index (χ1) is 4.75. The highest BCUT2D eigenvalue weighted by Crippen LogP contribution is 2.03. The Hall–Kier alpha value is -0.630. The lowest BCUT2D eigenvalue weighted by Crippen LogP contribution is -2.29. The Morgan fingerprint density at radius 2 is 2.30 bits per heavy atom. The zero-order valence-corrected chi connectivity index (χ0v) is 6.74. The van der Waals surface area contributed by atoms with E-state index >= 15 is 0 Å². The van der Waals surface area contributed by atoms with Gasteiger partial charge in [-0.3, -0.25) is 0 Å². The summed E-state index contributed by atoms with van der Waals surface area (Å²) >= 11 is 0. The normalized spacial score (nSPS) is 26.7. The zero-order chi connectivity index (χ0) is 7.56. The highest BCUT2D eigenvalue weighted by molar-refractivity contribution is 5.68. The van der Waals surface area contributed by atoms with Crippen LogP contribution in [0.15, 0.2) is 12.2 Å². The topological polar surface area (TPSA) is 12.2 Å². The molecule has 0 spiro atoms. The lowest BCUT2D eigenvalue weighted by atomic mass is 10.3. The van der Waals surface area contributed by atoms with Gasteiger partial charge in [0.25, 0.3) is 6.23 Å². The molecule has 0 aromatic carbocycles. The van der Waals surface area contributed by atoms with Crippen LogP contribution in [0.5, 0.6) is 0 Å². The second-order valence-corrected chi connectivity index (χ2v) is 2.56. The summed E-state index contributed by atoms with van der Waals surface area (Å²) < 4.78 is 7.33. The minimum absolute atomic E-state index is 0.185. The van der Waals surface area contributed by atoms with Gasteiger partial charge in [0.05, 0.1) is 0 Å². The van der Waals surface area contributed by atoms with Gasteiger partial charge in [-0.1, -0.05) is 0 Å². The Morgan fingerprint density at radius 1 is 1.60 bits per heavy atom. The van der Waals surface area contributed by atoms with Crippen molar-refractivity contribution in [2.24, 2.45) is 0 Å². The van der Waals surface area contributed by atoms with Crippen molar-refractivity contribution >= 4 is 6.21 Å². The van der Waals surface area contributed by atoms with Gasteiger partial charge in [0.15, 0.2) is 12.3 Å². The molecule has 1 aliphatic heterocycles. The van der Waals surface area contributed by atoms with E-state index in [1.165, 1.54) is 0 Å². The molecule has 0 bridgehead atoms. The van der Waals surface area contributed by atoms with Gasteiger partial charge in [0, 0.05) is 27.0 Å². The molecule has 56 valence electrons. The standard InChI is InChI=1S/C8H14NO/c1-7-5-4-6-9(7)8(2)10-3/h4-8H,1-3H3/q+1. The third-order valence-corrected chi connectivity index (χ3v) is 1.88. The average Bonchev–Trinajstić information content (AvgIpc) is 2.34. The molecule has 0 aromatic rings. The van der Waals surface area contributed by atoms with Crippen LogP contribution in [0.4, 0.5) is 0 Å². The van der Waals surface area contributed by atoms with Crippen molar-refractivity contribution in [2.75, 3.05) is 7.11 Å². The minimum Gasteiger partial charge on any atom is -0.325 e. The van der Waals surface area contributed by atoms with Crippen LogP contribution in [-0.2, 0) is 4.74 Å². The van der Waals surface area contributed by atoms with Crippen LogP contribution < -0.4 is 0 Å². The molecule has 0 saturated carbocycles. The molecule has 1 heterocycles. The zero-order valence-electron chi connectivity index (χ0n) is 6.74. The van der Waals surface area contributed by atoms with Crippen molar-refractivity contribution < 1.29 is 9.31 Å². The number of ether oxygens (including phenoxy) is 1. The number of allylic oxidation sites excluding steroid dienone is 1. The summed E-state index contributed by atoms with van der Waals surface area (Å²) in [6.45, 7) is 4.19. The monoisotopic (exact) mass is 140 g/mol. The van der Waals surface area contributed by atoms with Crippen LogP contribution in [0.25, 0.3) is 0 Å². The Morgan fingerprint density at radius 3 is 2.70 bits per heavy atom. The van der Waals surface area contributed by atoms with E-state index in [-0.39, 0.29) is 6.23 Å². The van der Waals surface area contributed by atoms with Crippen molar-refractivity contribution in [1.82, 2.24) is 0 Å². The number of hydrogen-bond donors (Lipinski definition) is 0. The lowest BCUT2D eigenvalue weighted by molar-refractivity contribution is -0.618. The third kappa shape index (κ3) is 1.27. The van der Waals surface area contributed by atoms with Gasteiger partial charge in [-0.25, -0.2) is 4.58 Å². The SMILES string of the molecule is COC(C)[N+]1=CC=CC1C. The minimum atomic E-state index is 0.185. The quantitative estimate of drug-likeness (QED) is 0.522. The molecular formula is C8H14NO+. The van der Waals surface area contributed by atoms with Crippen molar-refractivity contribution in [2.45, 2.75) is 26.1 Å². The van der Waals surface area contributed by atoms with Crippen LogP contribution in [0.2, 0.25) is 0 Å². The summed E-state index contributed by atoms with van der Waals surface area (Å²) in [5.41, 5.74) is 0. The summed E-state index contributed by atoms with van der Waals surface area (Å²) in [5, 5.41) is 0. The van der Waals surface area contributed by atoms with Gasteiger partial charge in [0.1, 0.15) is 0 Å². The summed E-state index contributed by atoms with van der Waals surface area (Å²) in [5.74, 6) is 0. The smallest absolute Gasteiger partial charge is 0.254 e. The molecule has 0 amide bonds. The molecule has 2 atom stereocenters. The third-order valence-electron chi connectivity index (χ3n) is 1.88. The Bertz CT molecular complexity index is 172. The van der Waals surface area contributed by atoms with E-state index in [9.17, 15) is 0 Å². The number of nitrogens with zero attached hydrogens (tertiary/aromatic N) is 1. The average molecular weight is 140 g/mol. The van der Waals surface area contributed by atoms with Crippen molar-refractivity contribution in [3.8, 4) is 0 Å². The number of methoxy groups -OCH3 is 1. The molecule has 0 N–H and O–H groups in total. The van der Waals surface area contributed by atoms with Crippen LogP contribution in [0, 0.1) is 0 Å². The summed E-state index contributed by atoms with van der Waals surface area (Å²) in [4.78, 5) is 0. The van der Waals surface area contributed by atoms with E-state index in [1.54, 1.807) is 7.11 Å². The molecule has 10 heavy (non-hydrogen) atoms. The van der Waals surface area contributed by atoms with Crippen LogP contribution >= 0.6 is 0 Å². The Labute approximate surface area is 61.8 Å². The molecule has 0 aliphatic carbocycles. The predicted octanol–water partition coefficient (Wildman–Crippen LogP) is 1.02. The summed E-state index contributed by atoms with van der Waals surface area (Å²) in [6, 6.07) is 0.481. The van der Waals surface area contributed by atoms with E-state index in [1.807, 2.05) is 6.92 Å². The van der Waals surface area contributed by atoms with Gasteiger partial charge in [-0.2, -0.15) is 0 Å². The fourth-order valence-electron chi connectivity index (χ4n) is 1.12. The molecule has 0 saturated heterocycles. The second kappa shape index (κ2) is 2.97. The van der Waals surface area contributed by atoms with E-state index in [0.29, 0.717) is 6.04 Å². The maximum atomic E-state index is 5.16. The van der Waals surface area contributed by atoms with Gasteiger partial charge in [-0.05, 0) is 6.08 Å². The predicted molar refractivity (Wildman–Crippen MR) is 41.4 cm³/mol. The number of hydrogen-bond acceptors (Lipinski definition) is 1. The molecule has 2 nitrogen and oxygen atoms in total. The van der Waals surface area contributed by atoms with Crippen molar-refractivity contribution in [3.05, 3.63) is 12.2 Å². The van der Waals surface area contributed by atoms with Crippen molar-refractivity contribution in [3.63, 3.8) is 0 Å². The highest BCUT2D eigenvalue weighted by atomic mass is 16.5. The van der Waals surface area contributed by atoms with Crippen LogP contribution in [-0.4, -0.2) is 30.2 Å². The molecule has 2 unspecified atom stereocenters. The fourth-order valence-corrected chi connectivity index (χ4v) is 1.12. The first kappa shape index (κ1) is 7.48. The first-order valence-corrected chi connectivity index (χ1v) is 3.57. The molecule has 1 aliphatic rings. The summed E-state index contributed by atoms with van der Waals surface area (Å²) in [6.07, 6.45) is 6.44. The van der Waals surface area contributed by atoms with E-state index < -0.39 is 0 Å². The first-order valence-electron chi connectivity index (χ1n) is 3.57. The maximum absolute atomic E-state index is 5.16. The van der Waals surface area contributed by atoms with Gasteiger partial charge in [0.2, 0.25) is 0 Å².